The van der Waals surface area contributed by atoms with Crippen LogP contribution in [0.15, 0.2) is 30.5 Å². The molecule has 0 aliphatic heterocycles. The van der Waals surface area contributed by atoms with Crippen molar-refractivity contribution in [3.63, 3.8) is 0 Å². The second-order valence-electron chi connectivity index (χ2n) is 5.85. The molecule has 3 heterocycles. The number of fused-ring (bicyclic) bond motifs is 6. The number of benzene rings is 1. The average molecular weight is 275 g/mol. The van der Waals surface area contributed by atoms with E-state index in [1.165, 1.54) is 22.0 Å². The first-order valence-electron chi connectivity index (χ1n) is 7.21. The number of hydrogen-bond donors (Lipinski definition) is 0. The summed E-state index contributed by atoms with van der Waals surface area (Å²) in [4.78, 5) is 9.53. The zero-order valence-corrected chi connectivity index (χ0v) is 12.7. The maximum Gasteiger partial charge on any atom is 0.147 e. The van der Waals surface area contributed by atoms with Crippen LogP contribution in [-0.4, -0.2) is 14.4 Å². The number of nitrogens with zero attached hydrogens (tertiary/aromatic N) is 3. The Bertz CT molecular complexity index is 1030. The van der Waals surface area contributed by atoms with Crippen molar-refractivity contribution < 1.29 is 0 Å². The van der Waals surface area contributed by atoms with E-state index in [9.17, 15) is 0 Å². The molecule has 0 spiro atoms. The summed E-state index contributed by atoms with van der Waals surface area (Å²) in [5.74, 6) is 0. The molecule has 0 unspecified atom stereocenters. The summed E-state index contributed by atoms with van der Waals surface area (Å²) in [5.41, 5.74) is 7.86. The Morgan fingerprint density at radius 1 is 0.810 bits per heavy atom. The van der Waals surface area contributed by atoms with Crippen LogP contribution in [0.25, 0.3) is 27.5 Å². The van der Waals surface area contributed by atoms with E-state index in [0.717, 1.165) is 27.9 Å². The zero-order valence-electron chi connectivity index (χ0n) is 12.7. The predicted octanol–water partition coefficient (Wildman–Crippen LogP) is 4.27. The normalized spacial score (nSPS) is 11.8. The third-order valence-electron chi connectivity index (χ3n) is 4.17. The van der Waals surface area contributed by atoms with E-state index in [0.29, 0.717) is 0 Å². The van der Waals surface area contributed by atoms with Gasteiger partial charge in [-0.1, -0.05) is 12.1 Å². The number of pyridine rings is 2. The Morgan fingerprint density at radius 2 is 1.57 bits per heavy atom. The first-order chi connectivity index (χ1) is 10.1. The van der Waals surface area contributed by atoms with Gasteiger partial charge in [-0.05, 0) is 51.0 Å². The molecule has 21 heavy (non-hydrogen) atoms. The highest BCUT2D eigenvalue weighted by molar-refractivity contribution is 6.11. The molecule has 0 radical (unpaired) electrons. The van der Waals surface area contributed by atoms with Gasteiger partial charge in [0.15, 0.2) is 0 Å². The highest BCUT2D eigenvalue weighted by Gasteiger charge is 2.14. The van der Waals surface area contributed by atoms with Crippen LogP contribution in [-0.2, 0) is 0 Å². The van der Waals surface area contributed by atoms with Crippen molar-refractivity contribution in [3.05, 3.63) is 53.0 Å². The summed E-state index contributed by atoms with van der Waals surface area (Å²) in [5, 5.41) is 2.36. The van der Waals surface area contributed by atoms with Gasteiger partial charge in [-0.2, -0.15) is 0 Å². The number of hydrogen-bond acceptors (Lipinski definition) is 2. The standard InChI is InChI=1S/C18H17N3/c1-10-5-6-11(2)17-15(10)16-14(8-7-12(3)19-16)18-20-13(4)9-21(17)18/h5-9H,1-4H3. The lowest BCUT2D eigenvalue weighted by atomic mass is 10.0. The lowest BCUT2D eigenvalue weighted by Gasteiger charge is -2.12. The van der Waals surface area contributed by atoms with E-state index < -0.39 is 0 Å². The molecule has 104 valence electrons. The maximum atomic E-state index is 4.81. The first kappa shape index (κ1) is 12.3. The second-order valence-corrected chi connectivity index (χ2v) is 5.85. The molecule has 0 bridgehead atoms. The van der Waals surface area contributed by atoms with Crippen LogP contribution in [0, 0.1) is 27.7 Å². The Morgan fingerprint density at radius 3 is 2.38 bits per heavy atom. The molecular weight excluding hydrogens is 258 g/mol. The summed E-state index contributed by atoms with van der Waals surface area (Å²) >= 11 is 0. The summed E-state index contributed by atoms with van der Waals surface area (Å²) in [7, 11) is 0. The van der Waals surface area contributed by atoms with Crippen LogP contribution < -0.4 is 0 Å². The molecular formula is C18H17N3. The van der Waals surface area contributed by atoms with Crippen molar-refractivity contribution in [3.8, 4) is 0 Å². The largest absolute Gasteiger partial charge is 0.298 e. The predicted molar refractivity (Wildman–Crippen MR) is 86.9 cm³/mol. The van der Waals surface area contributed by atoms with Gasteiger partial charge in [-0.15, -0.1) is 0 Å². The van der Waals surface area contributed by atoms with Gasteiger partial charge in [0, 0.05) is 22.7 Å². The Hall–Kier alpha value is -2.42. The van der Waals surface area contributed by atoms with E-state index >= 15 is 0 Å². The van der Waals surface area contributed by atoms with Gasteiger partial charge >= 0.3 is 0 Å². The monoisotopic (exact) mass is 275 g/mol. The molecule has 0 N–H and O–H groups in total. The van der Waals surface area contributed by atoms with Crippen molar-refractivity contribution in [2.75, 3.05) is 0 Å². The lowest BCUT2D eigenvalue weighted by molar-refractivity contribution is 1.22. The minimum Gasteiger partial charge on any atom is -0.298 e. The Labute approximate surface area is 123 Å². The van der Waals surface area contributed by atoms with Gasteiger partial charge in [-0.3, -0.25) is 9.38 Å². The van der Waals surface area contributed by atoms with Crippen molar-refractivity contribution in [1.82, 2.24) is 14.4 Å². The molecule has 0 aliphatic rings. The molecule has 0 atom stereocenters. The van der Waals surface area contributed by atoms with E-state index in [4.69, 9.17) is 9.97 Å². The van der Waals surface area contributed by atoms with E-state index in [-0.39, 0.29) is 0 Å². The number of imidazole rings is 1. The van der Waals surface area contributed by atoms with E-state index in [2.05, 4.69) is 48.7 Å². The van der Waals surface area contributed by atoms with Crippen LogP contribution in [0.1, 0.15) is 22.5 Å². The van der Waals surface area contributed by atoms with Crippen LogP contribution in [0.2, 0.25) is 0 Å². The molecule has 3 heteroatoms. The molecule has 4 rings (SSSR count). The molecule has 1 aromatic carbocycles. The topological polar surface area (TPSA) is 30.2 Å². The average Bonchev–Trinajstić information content (AvgIpc) is 2.83. The van der Waals surface area contributed by atoms with Gasteiger partial charge < -0.3 is 0 Å². The van der Waals surface area contributed by atoms with Crippen LogP contribution >= 0.6 is 0 Å². The lowest BCUT2D eigenvalue weighted by Crippen LogP contribution is -1.97. The summed E-state index contributed by atoms with van der Waals surface area (Å²) in [6, 6.07) is 8.55. The zero-order chi connectivity index (χ0) is 14.7. The van der Waals surface area contributed by atoms with Gasteiger partial charge in [0.1, 0.15) is 5.65 Å². The fourth-order valence-electron chi connectivity index (χ4n) is 3.19. The third kappa shape index (κ3) is 1.60. The number of aromatic nitrogens is 3. The number of rotatable bonds is 0. The smallest absolute Gasteiger partial charge is 0.147 e. The highest BCUT2D eigenvalue weighted by atomic mass is 15.0. The van der Waals surface area contributed by atoms with E-state index in [1.807, 2.05) is 13.8 Å². The molecule has 3 aromatic heterocycles. The fourth-order valence-corrected chi connectivity index (χ4v) is 3.19. The Balaban J connectivity index is 2.47. The van der Waals surface area contributed by atoms with Crippen molar-refractivity contribution in [2.24, 2.45) is 0 Å². The third-order valence-corrected chi connectivity index (χ3v) is 4.17. The summed E-state index contributed by atoms with van der Waals surface area (Å²) < 4.78 is 2.21. The summed E-state index contributed by atoms with van der Waals surface area (Å²) in [6.07, 6.45) is 2.11. The fraction of sp³-hybridized carbons (Fsp3) is 0.222. The molecule has 0 aliphatic carbocycles. The van der Waals surface area contributed by atoms with Crippen molar-refractivity contribution in [2.45, 2.75) is 27.7 Å². The van der Waals surface area contributed by atoms with Gasteiger partial charge in [0.05, 0.1) is 16.7 Å². The number of aryl methyl sites for hydroxylation is 4. The Kier molecular flexibility index (Phi) is 2.37. The maximum absolute atomic E-state index is 4.81. The molecule has 3 nitrogen and oxygen atoms in total. The van der Waals surface area contributed by atoms with Gasteiger partial charge in [-0.25, -0.2) is 4.98 Å². The molecule has 4 aromatic rings. The second kappa shape index (κ2) is 4.04. The first-order valence-corrected chi connectivity index (χ1v) is 7.21. The molecule has 0 fully saturated rings. The molecule has 0 saturated heterocycles. The SMILES string of the molecule is Cc1ccc2c(n1)c1c(C)ccc(C)c1n1cc(C)nc21. The van der Waals surface area contributed by atoms with Gasteiger partial charge in [0.25, 0.3) is 0 Å². The molecule has 0 amide bonds. The quantitative estimate of drug-likeness (QED) is 0.449. The minimum atomic E-state index is 0.996. The van der Waals surface area contributed by atoms with Crippen LogP contribution in [0.3, 0.4) is 0 Å². The minimum absolute atomic E-state index is 0.996. The summed E-state index contributed by atoms with van der Waals surface area (Å²) in [6.45, 7) is 8.38. The highest BCUT2D eigenvalue weighted by Crippen LogP contribution is 2.32. The van der Waals surface area contributed by atoms with Crippen LogP contribution in [0.4, 0.5) is 0 Å². The van der Waals surface area contributed by atoms with Crippen LogP contribution in [0.5, 0.6) is 0 Å². The van der Waals surface area contributed by atoms with E-state index in [1.54, 1.807) is 0 Å². The van der Waals surface area contributed by atoms with Crippen molar-refractivity contribution in [1.29, 1.82) is 0 Å². The molecule has 0 saturated carbocycles. The van der Waals surface area contributed by atoms with Crippen molar-refractivity contribution >= 4 is 27.5 Å². The van der Waals surface area contributed by atoms with Gasteiger partial charge in [0.2, 0.25) is 0 Å².